The summed E-state index contributed by atoms with van der Waals surface area (Å²) in [5.74, 6) is 0.529. The van der Waals surface area contributed by atoms with Crippen LogP contribution in [0.4, 0.5) is 5.13 Å². The van der Waals surface area contributed by atoms with E-state index in [1.54, 1.807) is 23.1 Å². The van der Waals surface area contributed by atoms with Crippen molar-refractivity contribution in [3.8, 4) is 0 Å². The van der Waals surface area contributed by atoms with Gasteiger partial charge in [-0.05, 0) is 70.2 Å². The number of carbonyl (C=O) groups excluding carboxylic acids is 1. The zero-order valence-electron chi connectivity index (χ0n) is 16.9. The van der Waals surface area contributed by atoms with Crippen molar-refractivity contribution in [2.75, 3.05) is 37.8 Å². The van der Waals surface area contributed by atoms with Gasteiger partial charge in [-0.2, -0.15) is 0 Å². The van der Waals surface area contributed by atoms with Crippen molar-refractivity contribution < 1.29 is 4.79 Å². The molecule has 0 radical (unpaired) electrons. The highest BCUT2D eigenvalue weighted by Gasteiger charge is 2.20. The van der Waals surface area contributed by atoms with Crippen molar-refractivity contribution in [2.45, 2.75) is 25.2 Å². The molecular weight excluding hydrogens is 386 g/mol. The summed E-state index contributed by atoms with van der Waals surface area (Å²) in [4.78, 5) is 23.1. The number of amides is 1. The smallest absolute Gasteiger partial charge is 0.239 e. The largest absolute Gasteiger partial charge is 0.309 e. The second kappa shape index (κ2) is 9.54. The van der Waals surface area contributed by atoms with Gasteiger partial charge < -0.3 is 4.90 Å². The molecular formula is C22H27N3OS2. The Labute approximate surface area is 175 Å². The van der Waals surface area contributed by atoms with Crippen LogP contribution in [0.3, 0.4) is 0 Å². The zero-order valence-corrected chi connectivity index (χ0v) is 18.6. The number of thioether (sulfide) groups is 1. The molecule has 1 aromatic heterocycles. The molecule has 0 unspecified atom stereocenters. The minimum Gasteiger partial charge on any atom is -0.309 e. The maximum Gasteiger partial charge on any atom is 0.239 e. The first-order valence-electron chi connectivity index (χ1n) is 9.45. The number of hydrogen-bond donors (Lipinski definition) is 0. The van der Waals surface area contributed by atoms with Gasteiger partial charge in [0.15, 0.2) is 5.13 Å². The summed E-state index contributed by atoms with van der Waals surface area (Å²) in [7, 11) is 4.11. The van der Waals surface area contributed by atoms with Crippen LogP contribution >= 0.6 is 23.1 Å². The molecule has 3 aromatic rings. The first kappa shape index (κ1) is 20.8. The Morgan fingerprint density at radius 1 is 1.07 bits per heavy atom. The number of hydrogen-bond acceptors (Lipinski definition) is 5. The summed E-state index contributed by atoms with van der Waals surface area (Å²) in [6, 6.07) is 14.3. The lowest BCUT2D eigenvalue weighted by Crippen LogP contribution is -2.34. The van der Waals surface area contributed by atoms with Gasteiger partial charge in [0, 0.05) is 11.4 Å². The van der Waals surface area contributed by atoms with Crippen LogP contribution in [0.1, 0.15) is 17.5 Å². The second-order valence-electron chi connectivity index (χ2n) is 7.15. The summed E-state index contributed by atoms with van der Waals surface area (Å²) in [5, 5.41) is 0.807. The highest BCUT2D eigenvalue weighted by molar-refractivity contribution is 8.00. The van der Waals surface area contributed by atoms with Crippen LogP contribution in [-0.4, -0.2) is 48.7 Å². The fourth-order valence-corrected chi connectivity index (χ4v) is 4.81. The third kappa shape index (κ3) is 5.13. The molecule has 148 valence electrons. The van der Waals surface area contributed by atoms with E-state index in [2.05, 4.69) is 45.0 Å². The van der Waals surface area contributed by atoms with Crippen molar-refractivity contribution in [1.82, 2.24) is 9.88 Å². The molecule has 2 aromatic carbocycles. The number of carbonyl (C=O) groups is 1. The number of nitrogens with zero attached hydrogens (tertiary/aromatic N) is 3. The maximum atomic E-state index is 13.1. The Kier molecular flexibility index (Phi) is 7.10. The van der Waals surface area contributed by atoms with Gasteiger partial charge in [-0.1, -0.05) is 35.6 Å². The molecule has 0 aliphatic rings. The Hall–Kier alpha value is -1.89. The highest BCUT2D eigenvalue weighted by Crippen LogP contribution is 2.32. The van der Waals surface area contributed by atoms with E-state index in [4.69, 9.17) is 4.98 Å². The third-order valence-electron chi connectivity index (χ3n) is 4.70. The van der Waals surface area contributed by atoms with Gasteiger partial charge in [0.25, 0.3) is 0 Å². The normalized spacial score (nSPS) is 11.3. The molecule has 4 nitrogen and oxygen atoms in total. The van der Waals surface area contributed by atoms with Gasteiger partial charge in [-0.15, -0.1) is 11.8 Å². The number of thiazole rings is 1. The lowest BCUT2D eigenvalue weighted by molar-refractivity contribution is -0.116. The Balaban J connectivity index is 1.81. The van der Waals surface area contributed by atoms with Crippen LogP contribution in [0.5, 0.6) is 0 Å². The van der Waals surface area contributed by atoms with E-state index in [1.807, 2.05) is 35.2 Å². The van der Waals surface area contributed by atoms with Crippen LogP contribution < -0.4 is 4.90 Å². The Morgan fingerprint density at radius 2 is 1.82 bits per heavy atom. The van der Waals surface area contributed by atoms with Gasteiger partial charge in [0.05, 0.1) is 16.0 Å². The average Bonchev–Trinajstić information content (AvgIpc) is 3.11. The Bertz CT molecular complexity index is 938. The molecule has 0 spiro atoms. The summed E-state index contributed by atoms with van der Waals surface area (Å²) in [6.45, 7) is 5.83. The fourth-order valence-electron chi connectivity index (χ4n) is 2.94. The van der Waals surface area contributed by atoms with Gasteiger partial charge >= 0.3 is 0 Å². The van der Waals surface area contributed by atoms with Crippen LogP contribution in [-0.2, 0) is 4.79 Å². The minimum atomic E-state index is 0.112. The quantitative estimate of drug-likeness (QED) is 0.488. The Morgan fingerprint density at radius 3 is 2.54 bits per heavy atom. The van der Waals surface area contributed by atoms with Crippen molar-refractivity contribution in [3.63, 3.8) is 0 Å². The monoisotopic (exact) mass is 413 g/mol. The zero-order chi connectivity index (χ0) is 20.1. The summed E-state index contributed by atoms with van der Waals surface area (Å²) in [5.41, 5.74) is 3.44. The molecule has 3 rings (SSSR count). The van der Waals surface area contributed by atoms with Gasteiger partial charge in [-0.3, -0.25) is 9.69 Å². The molecule has 0 saturated heterocycles. The number of benzene rings is 2. The number of anilines is 1. The molecule has 0 bridgehead atoms. The van der Waals surface area contributed by atoms with Gasteiger partial charge in [-0.25, -0.2) is 4.98 Å². The third-order valence-corrected chi connectivity index (χ3v) is 6.74. The van der Waals surface area contributed by atoms with Gasteiger partial charge in [0.2, 0.25) is 5.91 Å². The summed E-state index contributed by atoms with van der Waals surface area (Å²) >= 11 is 3.19. The van der Waals surface area contributed by atoms with E-state index in [1.165, 1.54) is 11.1 Å². The molecule has 1 amide bonds. The predicted octanol–water partition coefficient (Wildman–Crippen LogP) is 4.99. The first-order valence-corrected chi connectivity index (χ1v) is 11.3. The predicted molar refractivity (Wildman–Crippen MR) is 122 cm³/mol. The lowest BCUT2D eigenvalue weighted by Gasteiger charge is -2.21. The topological polar surface area (TPSA) is 36.4 Å². The van der Waals surface area contributed by atoms with E-state index in [9.17, 15) is 4.79 Å². The van der Waals surface area contributed by atoms with Crippen LogP contribution in [0.15, 0.2) is 47.4 Å². The SMILES string of the molecule is Cc1ccc2sc(N(CCCN(C)C)C(=O)CSc3ccccc3)nc2c1C. The summed E-state index contributed by atoms with van der Waals surface area (Å²) in [6.07, 6.45) is 0.919. The molecule has 1 heterocycles. The van der Waals surface area contributed by atoms with Crippen LogP contribution in [0.2, 0.25) is 0 Å². The van der Waals surface area contributed by atoms with E-state index >= 15 is 0 Å². The molecule has 0 fully saturated rings. The van der Waals surface area contributed by atoms with E-state index < -0.39 is 0 Å². The van der Waals surface area contributed by atoms with E-state index in [0.29, 0.717) is 12.3 Å². The lowest BCUT2D eigenvalue weighted by atomic mass is 10.1. The van der Waals surface area contributed by atoms with E-state index in [0.717, 1.165) is 33.2 Å². The maximum absolute atomic E-state index is 13.1. The van der Waals surface area contributed by atoms with Crippen molar-refractivity contribution in [1.29, 1.82) is 0 Å². The molecule has 0 saturated carbocycles. The van der Waals surface area contributed by atoms with Crippen molar-refractivity contribution in [2.24, 2.45) is 0 Å². The standard InChI is InChI=1S/C22H27N3OS2/c1-16-11-12-19-21(17(16)2)23-22(28-19)25(14-8-13-24(3)4)20(26)15-27-18-9-6-5-7-10-18/h5-7,9-12H,8,13-15H2,1-4H3. The molecule has 0 atom stereocenters. The molecule has 6 heteroatoms. The average molecular weight is 414 g/mol. The van der Waals surface area contributed by atoms with Crippen molar-refractivity contribution in [3.05, 3.63) is 53.6 Å². The van der Waals surface area contributed by atoms with Gasteiger partial charge in [0.1, 0.15) is 0 Å². The molecule has 0 aliphatic heterocycles. The molecule has 0 aliphatic carbocycles. The first-order chi connectivity index (χ1) is 13.5. The molecule has 0 N–H and O–H groups in total. The summed E-state index contributed by atoms with van der Waals surface area (Å²) < 4.78 is 1.14. The number of fused-ring (bicyclic) bond motifs is 1. The molecule has 28 heavy (non-hydrogen) atoms. The number of aryl methyl sites for hydroxylation is 2. The minimum absolute atomic E-state index is 0.112. The second-order valence-corrected chi connectivity index (χ2v) is 9.21. The van der Waals surface area contributed by atoms with E-state index in [-0.39, 0.29) is 5.91 Å². The van der Waals surface area contributed by atoms with Crippen molar-refractivity contribution >= 4 is 44.4 Å². The highest BCUT2D eigenvalue weighted by atomic mass is 32.2. The number of rotatable bonds is 8. The fraction of sp³-hybridized carbons (Fsp3) is 0.364. The number of aromatic nitrogens is 1. The van der Waals surface area contributed by atoms with Crippen LogP contribution in [0.25, 0.3) is 10.2 Å². The van der Waals surface area contributed by atoms with Crippen LogP contribution in [0, 0.1) is 13.8 Å².